The molecule has 1 amide bonds. The number of fused-ring (bicyclic) bond motifs is 1. The van der Waals surface area contributed by atoms with Crippen LogP contribution in [0.4, 0.5) is 5.69 Å². The summed E-state index contributed by atoms with van der Waals surface area (Å²) >= 11 is 0. The highest BCUT2D eigenvalue weighted by Gasteiger charge is 2.47. The fraction of sp³-hybridized carbons (Fsp3) is 0.214. The number of aliphatic hydroxyl groups excluding tert-OH is 1. The molecule has 3 aromatic carbocycles. The molecular weight excluding hydrogens is 446 g/mol. The molecule has 0 spiro atoms. The highest BCUT2D eigenvalue weighted by molar-refractivity contribution is 6.51. The lowest BCUT2D eigenvalue weighted by Crippen LogP contribution is -2.29. The lowest BCUT2D eigenvalue weighted by molar-refractivity contribution is -0.132. The predicted octanol–water partition coefficient (Wildman–Crippen LogP) is 4.87. The van der Waals surface area contributed by atoms with Crippen LogP contribution in [0, 0.1) is 0 Å². The summed E-state index contributed by atoms with van der Waals surface area (Å²) in [6, 6.07) is 20.4. The highest BCUT2D eigenvalue weighted by Crippen LogP contribution is 2.44. The molecule has 2 aliphatic heterocycles. The second-order valence-corrected chi connectivity index (χ2v) is 8.28. The summed E-state index contributed by atoms with van der Waals surface area (Å²) < 4.78 is 17.0. The molecule has 1 N–H and O–H groups in total. The molecule has 1 atom stereocenters. The molecule has 0 bridgehead atoms. The monoisotopic (exact) mass is 471 g/mol. The van der Waals surface area contributed by atoms with Crippen molar-refractivity contribution < 1.29 is 28.9 Å². The molecule has 0 aliphatic carbocycles. The number of amides is 1. The maximum Gasteiger partial charge on any atom is 0.300 e. The SMILES string of the molecule is CCCOc1cccc(/C(O)=C2\C(=O)C(=O)N(c3ccc4c(c3)OCCO4)C2c2ccccc2)c1. The standard InChI is InChI=1S/C28H25NO6/c1-2-13-33-21-10-6-9-19(16-21)26(30)24-25(18-7-4-3-5-8-18)29(28(32)27(24)31)20-11-12-22-23(17-20)35-15-14-34-22/h3-12,16-17,25,30H,2,13-15H2,1H3/b26-24+. The molecule has 2 heterocycles. The van der Waals surface area contributed by atoms with Crippen LogP contribution in [0.25, 0.3) is 5.76 Å². The number of ketones is 1. The molecule has 1 fully saturated rings. The summed E-state index contributed by atoms with van der Waals surface area (Å²) in [7, 11) is 0. The topological polar surface area (TPSA) is 85.3 Å². The van der Waals surface area contributed by atoms with Crippen LogP contribution in [0.2, 0.25) is 0 Å². The maximum atomic E-state index is 13.3. The van der Waals surface area contributed by atoms with Crippen molar-refractivity contribution in [2.45, 2.75) is 19.4 Å². The van der Waals surface area contributed by atoms with Gasteiger partial charge in [0.25, 0.3) is 11.7 Å². The van der Waals surface area contributed by atoms with Crippen LogP contribution in [-0.2, 0) is 9.59 Å². The lowest BCUT2D eigenvalue weighted by atomic mass is 9.95. The first-order valence-corrected chi connectivity index (χ1v) is 11.6. The second kappa shape index (κ2) is 9.54. The number of hydrogen-bond acceptors (Lipinski definition) is 6. The van der Waals surface area contributed by atoms with Crippen LogP contribution in [-0.4, -0.2) is 36.6 Å². The number of nitrogens with zero attached hydrogens (tertiary/aromatic N) is 1. The Hall–Kier alpha value is -4.26. The highest BCUT2D eigenvalue weighted by atomic mass is 16.6. The van der Waals surface area contributed by atoms with Gasteiger partial charge in [-0.15, -0.1) is 0 Å². The van der Waals surface area contributed by atoms with Gasteiger partial charge in [-0.05, 0) is 36.2 Å². The Kier molecular flexibility index (Phi) is 6.14. The molecule has 1 saturated heterocycles. The molecule has 0 radical (unpaired) electrons. The van der Waals surface area contributed by atoms with Crippen LogP contribution in [0.5, 0.6) is 17.2 Å². The lowest BCUT2D eigenvalue weighted by Gasteiger charge is -2.27. The van der Waals surface area contributed by atoms with E-state index in [2.05, 4.69) is 0 Å². The molecule has 35 heavy (non-hydrogen) atoms. The van der Waals surface area contributed by atoms with Gasteiger partial charge in [-0.2, -0.15) is 0 Å². The van der Waals surface area contributed by atoms with Gasteiger partial charge in [-0.3, -0.25) is 14.5 Å². The number of carbonyl (C=O) groups is 2. The fourth-order valence-corrected chi connectivity index (χ4v) is 4.34. The molecule has 178 valence electrons. The van der Waals surface area contributed by atoms with Crippen LogP contribution in [0.3, 0.4) is 0 Å². The average molecular weight is 472 g/mol. The Balaban J connectivity index is 1.64. The molecule has 0 saturated carbocycles. The zero-order chi connectivity index (χ0) is 24.4. The minimum atomic E-state index is -0.820. The summed E-state index contributed by atoms with van der Waals surface area (Å²) in [6.07, 6.45) is 0.838. The van der Waals surface area contributed by atoms with E-state index in [1.54, 1.807) is 42.5 Å². The number of hydrogen-bond donors (Lipinski definition) is 1. The Morgan fingerprint density at radius 1 is 0.971 bits per heavy atom. The minimum Gasteiger partial charge on any atom is -0.507 e. The smallest absolute Gasteiger partial charge is 0.300 e. The molecule has 0 aromatic heterocycles. The van der Waals surface area contributed by atoms with Crippen molar-refractivity contribution in [2.24, 2.45) is 0 Å². The first kappa shape index (κ1) is 22.5. The summed E-state index contributed by atoms with van der Waals surface area (Å²) in [6.45, 7) is 3.38. The van der Waals surface area contributed by atoms with Crippen molar-refractivity contribution in [3.8, 4) is 17.2 Å². The normalized spacial score (nSPS) is 18.5. The third kappa shape index (κ3) is 4.21. The van der Waals surface area contributed by atoms with Gasteiger partial charge in [-0.25, -0.2) is 0 Å². The predicted molar refractivity (Wildman–Crippen MR) is 131 cm³/mol. The molecule has 3 aromatic rings. The number of aliphatic hydroxyl groups is 1. The van der Waals surface area contributed by atoms with Gasteiger partial charge < -0.3 is 19.3 Å². The van der Waals surface area contributed by atoms with Gasteiger partial charge >= 0.3 is 0 Å². The molecule has 1 unspecified atom stereocenters. The Labute approximate surface area is 203 Å². The number of Topliss-reactive ketones (excluding diaryl/α,β-unsaturated/α-hetero) is 1. The molecule has 5 rings (SSSR count). The van der Waals surface area contributed by atoms with Crippen molar-refractivity contribution in [2.75, 3.05) is 24.7 Å². The van der Waals surface area contributed by atoms with E-state index in [9.17, 15) is 14.7 Å². The van der Waals surface area contributed by atoms with Crippen molar-refractivity contribution in [1.82, 2.24) is 0 Å². The summed E-state index contributed by atoms with van der Waals surface area (Å²) in [5.41, 5.74) is 1.59. The second-order valence-electron chi connectivity index (χ2n) is 8.28. The molecule has 7 nitrogen and oxygen atoms in total. The third-order valence-electron chi connectivity index (χ3n) is 5.94. The van der Waals surface area contributed by atoms with Gasteiger partial charge in [0, 0.05) is 17.3 Å². The van der Waals surface area contributed by atoms with Crippen molar-refractivity contribution in [3.63, 3.8) is 0 Å². The Bertz CT molecular complexity index is 1300. The van der Waals surface area contributed by atoms with Gasteiger partial charge in [0.15, 0.2) is 11.5 Å². The Morgan fingerprint density at radius 2 is 1.74 bits per heavy atom. The van der Waals surface area contributed by atoms with E-state index in [-0.39, 0.29) is 11.3 Å². The van der Waals surface area contributed by atoms with E-state index < -0.39 is 17.7 Å². The quantitative estimate of drug-likeness (QED) is 0.314. The molecule has 2 aliphatic rings. The summed E-state index contributed by atoms with van der Waals surface area (Å²) in [4.78, 5) is 28.1. The number of carbonyl (C=O) groups excluding carboxylic acids is 2. The van der Waals surface area contributed by atoms with Crippen LogP contribution in [0.1, 0.15) is 30.5 Å². The van der Waals surface area contributed by atoms with Gasteiger partial charge in [0.2, 0.25) is 0 Å². The van der Waals surface area contributed by atoms with Crippen LogP contribution in [0.15, 0.2) is 78.4 Å². The van der Waals surface area contributed by atoms with E-state index in [0.717, 1.165) is 6.42 Å². The average Bonchev–Trinajstić information content (AvgIpc) is 3.17. The molecule has 7 heteroatoms. The zero-order valence-electron chi connectivity index (χ0n) is 19.3. The van der Waals surface area contributed by atoms with Crippen molar-refractivity contribution >= 4 is 23.1 Å². The van der Waals surface area contributed by atoms with Crippen LogP contribution < -0.4 is 19.1 Å². The van der Waals surface area contributed by atoms with E-state index in [1.807, 2.05) is 37.3 Å². The van der Waals surface area contributed by atoms with E-state index >= 15 is 0 Å². The number of rotatable bonds is 6. The van der Waals surface area contributed by atoms with Gasteiger partial charge in [0.05, 0.1) is 18.2 Å². The fourth-order valence-electron chi connectivity index (χ4n) is 4.34. The van der Waals surface area contributed by atoms with Crippen molar-refractivity contribution in [1.29, 1.82) is 0 Å². The Morgan fingerprint density at radius 3 is 2.51 bits per heavy atom. The van der Waals surface area contributed by atoms with E-state index in [4.69, 9.17) is 14.2 Å². The van der Waals surface area contributed by atoms with Crippen molar-refractivity contribution in [3.05, 3.63) is 89.5 Å². The molecular formula is C28H25NO6. The third-order valence-corrected chi connectivity index (χ3v) is 5.94. The number of benzene rings is 3. The summed E-state index contributed by atoms with van der Waals surface area (Å²) in [5.74, 6) is -0.0750. The maximum absolute atomic E-state index is 13.3. The number of ether oxygens (including phenoxy) is 3. The van der Waals surface area contributed by atoms with E-state index in [1.165, 1.54) is 4.90 Å². The van der Waals surface area contributed by atoms with Gasteiger partial charge in [0.1, 0.15) is 24.7 Å². The first-order chi connectivity index (χ1) is 17.1. The largest absolute Gasteiger partial charge is 0.507 e. The summed E-state index contributed by atoms with van der Waals surface area (Å²) in [5, 5.41) is 11.3. The van der Waals surface area contributed by atoms with Gasteiger partial charge in [-0.1, -0.05) is 49.4 Å². The number of anilines is 1. The first-order valence-electron chi connectivity index (χ1n) is 11.6. The minimum absolute atomic E-state index is 0.0173. The zero-order valence-corrected chi connectivity index (χ0v) is 19.3. The van der Waals surface area contributed by atoms with E-state index in [0.29, 0.717) is 53.9 Å². The van der Waals surface area contributed by atoms with Crippen LogP contribution >= 0.6 is 0 Å².